The number of carbonyl (C=O) groups excluding carboxylic acids is 2. The van der Waals surface area contributed by atoms with Gasteiger partial charge in [-0.2, -0.15) is 0 Å². The molecule has 1 atom stereocenters. The second kappa shape index (κ2) is 71.1. The first kappa shape index (κ1) is 77.9. The highest BCUT2D eigenvalue weighted by Gasteiger charge is 2.16. The predicted octanol–water partition coefficient (Wildman–Crippen LogP) is 25.1. The molecule has 0 amide bonds. The minimum atomic E-state index is -0.771. The van der Waals surface area contributed by atoms with Gasteiger partial charge in [0, 0.05) is 12.8 Å². The Morgan fingerprint density at radius 3 is 0.762 bits per heavy atom. The van der Waals surface area contributed by atoms with E-state index in [0.717, 1.165) is 44.9 Å². The summed E-state index contributed by atoms with van der Waals surface area (Å²) in [5.41, 5.74) is 0. The fourth-order valence-electron chi connectivity index (χ4n) is 11.2. The number of hydrogen-bond donors (Lipinski definition) is 1. The van der Waals surface area contributed by atoms with Crippen LogP contribution < -0.4 is 0 Å². The van der Waals surface area contributed by atoms with Crippen molar-refractivity contribution in [1.29, 1.82) is 0 Å². The van der Waals surface area contributed by atoms with E-state index < -0.39 is 6.10 Å². The molecule has 5 heteroatoms. The average molecular weight is 1120 g/mol. The van der Waals surface area contributed by atoms with Crippen molar-refractivity contribution in [3.05, 3.63) is 48.6 Å². The van der Waals surface area contributed by atoms with Crippen molar-refractivity contribution >= 4 is 11.9 Å². The van der Waals surface area contributed by atoms with Crippen LogP contribution >= 0.6 is 0 Å². The molecule has 0 radical (unpaired) electrons. The van der Waals surface area contributed by atoms with Gasteiger partial charge in [0.15, 0.2) is 6.10 Å². The molecule has 80 heavy (non-hydrogen) atoms. The van der Waals surface area contributed by atoms with Crippen molar-refractivity contribution in [2.45, 2.75) is 405 Å². The van der Waals surface area contributed by atoms with Crippen LogP contribution in [0.5, 0.6) is 0 Å². The third-order valence-electron chi connectivity index (χ3n) is 16.6. The SMILES string of the molecule is CCCCCCC/C=C\C/C=C\C/C=C\CCCCCCCCCCCCCCCCCCCCC(=O)OC(CO)COC(=O)CCCCCCCCCCCCCCCCCCCCCCC/C=C\CCCCCCCCCC. The molecule has 0 aliphatic carbocycles. The number of ether oxygens (including phenoxy) is 2. The molecule has 0 bridgehead atoms. The van der Waals surface area contributed by atoms with Crippen LogP contribution in [-0.4, -0.2) is 36.4 Å². The number of hydrogen-bond acceptors (Lipinski definition) is 5. The first-order valence-electron chi connectivity index (χ1n) is 36.2. The molecule has 0 heterocycles. The van der Waals surface area contributed by atoms with Gasteiger partial charge in [-0.15, -0.1) is 0 Å². The van der Waals surface area contributed by atoms with Gasteiger partial charge < -0.3 is 14.6 Å². The van der Waals surface area contributed by atoms with Gasteiger partial charge in [-0.05, 0) is 77.0 Å². The van der Waals surface area contributed by atoms with Gasteiger partial charge in [0.25, 0.3) is 0 Å². The molecule has 0 rings (SSSR count). The number of aliphatic hydroxyl groups is 1. The maximum atomic E-state index is 12.4. The van der Waals surface area contributed by atoms with Crippen LogP contribution in [0, 0.1) is 0 Å². The highest BCUT2D eigenvalue weighted by molar-refractivity contribution is 5.70. The Balaban J connectivity index is 3.39. The van der Waals surface area contributed by atoms with Gasteiger partial charge in [-0.25, -0.2) is 0 Å². The monoisotopic (exact) mass is 1120 g/mol. The summed E-state index contributed by atoms with van der Waals surface area (Å²) in [5.74, 6) is -0.567. The van der Waals surface area contributed by atoms with E-state index in [1.165, 1.54) is 327 Å². The van der Waals surface area contributed by atoms with Gasteiger partial charge in [0.2, 0.25) is 0 Å². The molecule has 0 aliphatic heterocycles. The summed E-state index contributed by atoms with van der Waals surface area (Å²) in [4.78, 5) is 24.7. The number of unbranched alkanes of at least 4 members (excludes halogenated alkanes) is 52. The van der Waals surface area contributed by atoms with Crippen LogP contribution in [0.4, 0.5) is 0 Å². The van der Waals surface area contributed by atoms with Gasteiger partial charge >= 0.3 is 11.9 Å². The van der Waals surface area contributed by atoms with Crippen LogP contribution in [0.15, 0.2) is 48.6 Å². The lowest BCUT2D eigenvalue weighted by Gasteiger charge is -2.15. The Kier molecular flexibility index (Phi) is 69.2. The smallest absolute Gasteiger partial charge is 0.306 e. The molecule has 5 nitrogen and oxygen atoms in total. The Bertz CT molecular complexity index is 1320. The molecule has 0 aromatic heterocycles. The zero-order valence-electron chi connectivity index (χ0n) is 54.1. The number of aliphatic hydroxyl groups excluding tert-OH is 1. The van der Waals surface area contributed by atoms with E-state index in [9.17, 15) is 14.7 Å². The maximum absolute atomic E-state index is 12.4. The molecule has 1 N–H and O–H groups in total. The first-order valence-corrected chi connectivity index (χ1v) is 36.2. The highest BCUT2D eigenvalue weighted by Crippen LogP contribution is 2.19. The van der Waals surface area contributed by atoms with Gasteiger partial charge in [0.05, 0.1) is 6.61 Å². The largest absolute Gasteiger partial charge is 0.462 e. The summed E-state index contributed by atoms with van der Waals surface area (Å²) >= 11 is 0. The van der Waals surface area contributed by atoms with Gasteiger partial charge in [0.1, 0.15) is 6.61 Å². The second-order valence-electron chi connectivity index (χ2n) is 24.7. The molecule has 0 fully saturated rings. The van der Waals surface area contributed by atoms with E-state index in [1.54, 1.807) is 0 Å². The molecule has 0 aromatic rings. The lowest BCUT2D eigenvalue weighted by molar-refractivity contribution is -0.161. The molecule has 0 aliphatic rings. The van der Waals surface area contributed by atoms with Crippen molar-refractivity contribution in [2.24, 2.45) is 0 Å². The van der Waals surface area contributed by atoms with Crippen LogP contribution in [0.3, 0.4) is 0 Å². The Morgan fingerprint density at radius 2 is 0.500 bits per heavy atom. The summed E-state index contributed by atoms with van der Waals surface area (Å²) in [6, 6.07) is 0. The van der Waals surface area contributed by atoms with Crippen molar-refractivity contribution in [3.63, 3.8) is 0 Å². The first-order chi connectivity index (χ1) is 39.6. The summed E-state index contributed by atoms with van der Waals surface area (Å²) in [5, 5.41) is 9.71. The number of rotatable bonds is 68. The summed E-state index contributed by atoms with van der Waals surface area (Å²) in [7, 11) is 0. The molecule has 1 unspecified atom stereocenters. The minimum absolute atomic E-state index is 0.0603. The number of carbonyl (C=O) groups is 2. The van der Waals surface area contributed by atoms with Crippen LogP contribution in [0.25, 0.3) is 0 Å². The standard InChI is InChI=1S/C75H140O5/c1-3-5-7-9-11-13-15-17-19-21-23-25-27-29-31-33-35-37-39-41-43-45-47-49-51-53-55-57-59-61-63-65-67-69-74(77)79-72-73(71-76)80-75(78)70-68-66-64-62-60-58-56-54-52-50-48-46-44-42-40-38-36-34-32-30-28-26-24-22-20-18-16-14-12-10-8-6-4-2/h16,18,21-24,28,30,73,76H,3-15,17,19-20,25-27,29,31-72H2,1-2H3/b18-16-,23-21-,24-22-,30-28-. The van der Waals surface area contributed by atoms with Crippen LogP contribution in [-0.2, 0) is 19.1 Å². The van der Waals surface area contributed by atoms with E-state index in [4.69, 9.17) is 9.47 Å². The fraction of sp³-hybridized carbons (Fsp3) is 0.867. The average Bonchev–Trinajstić information content (AvgIpc) is 3.46. The molecule has 0 saturated carbocycles. The summed E-state index contributed by atoms with van der Waals surface area (Å²) in [6.45, 7) is 4.19. The normalized spacial score (nSPS) is 12.4. The zero-order valence-corrected chi connectivity index (χ0v) is 54.1. The molecule has 470 valence electrons. The van der Waals surface area contributed by atoms with Gasteiger partial charge in [-0.1, -0.05) is 358 Å². The molecular weight excluding hydrogens is 981 g/mol. The van der Waals surface area contributed by atoms with Crippen molar-refractivity contribution in [1.82, 2.24) is 0 Å². The van der Waals surface area contributed by atoms with Crippen LogP contribution in [0.2, 0.25) is 0 Å². The summed E-state index contributed by atoms with van der Waals surface area (Å²) < 4.78 is 10.8. The number of allylic oxidation sites excluding steroid dienone is 8. The van der Waals surface area contributed by atoms with E-state index in [1.807, 2.05) is 0 Å². The topological polar surface area (TPSA) is 72.8 Å². The lowest BCUT2D eigenvalue weighted by Crippen LogP contribution is -2.28. The van der Waals surface area contributed by atoms with Crippen LogP contribution in [0.1, 0.15) is 399 Å². The highest BCUT2D eigenvalue weighted by atomic mass is 16.6. The fourth-order valence-corrected chi connectivity index (χ4v) is 11.2. The zero-order chi connectivity index (χ0) is 57.6. The molecule has 0 spiro atoms. The van der Waals surface area contributed by atoms with Gasteiger partial charge in [-0.3, -0.25) is 9.59 Å². The minimum Gasteiger partial charge on any atom is -0.462 e. The molecule has 0 aromatic carbocycles. The quantitative estimate of drug-likeness (QED) is 0.0373. The Morgan fingerprint density at radius 1 is 0.287 bits per heavy atom. The predicted molar refractivity (Wildman–Crippen MR) is 353 cm³/mol. The van der Waals surface area contributed by atoms with E-state index in [-0.39, 0.29) is 25.2 Å². The van der Waals surface area contributed by atoms with Crippen molar-refractivity contribution in [3.8, 4) is 0 Å². The van der Waals surface area contributed by atoms with E-state index >= 15 is 0 Å². The lowest BCUT2D eigenvalue weighted by atomic mass is 10.0. The Labute approximate surface area is 500 Å². The summed E-state index contributed by atoms with van der Waals surface area (Å²) in [6.07, 6.45) is 95.9. The third kappa shape index (κ3) is 68.4. The molecular formula is C75H140O5. The number of esters is 2. The maximum Gasteiger partial charge on any atom is 0.306 e. The van der Waals surface area contributed by atoms with Crippen molar-refractivity contribution in [2.75, 3.05) is 13.2 Å². The van der Waals surface area contributed by atoms with E-state index in [0.29, 0.717) is 12.8 Å². The molecule has 0 saturated heterocycles. The third-order valence-corrected chi connectivity index (χ3v) is 16.6. The second-order valence-corrected chi connectivity index (χ2v) is 24.7. The Hall–Kier alpha value is -2.14. The van der Waals surface area contributed by atoms with Crippen molar-refractivity contribution < 1.29 is 24.2 Å². The van der Waals surface area contributed by atoms with E-state index in [2.05, 4.69) is 62.5 Å².